The molecule has 2 aliphatic heterocycles. The van der Waals surface area contributed by atoms with E-state index in [1.165, 1.54) is 36.2 Å². The zero-order chi connectivity index (χ0) is 23.8. The van der Waals surface area contributed by atoms with E-state index >= 15 is 0 Å². The molecule has 1 N–H and O–H groups in total. The summed E-state index contributed by atoms with van der Waals surface area (Å²) in [6.45, 7) is 3.62. The molecular weight excluding hydrogens is 430 g/mol. The lowest BCUT2D eigenvalue weighted by molar-refractivity contribution is -0.139. The van der Waals surface area contributed by atoms with Crippen LogP contribution in [0, 0.1) is 0 Å². The maximum Gasteiger partial charge on any atom is 0.407 e. The van der Waals surface area contributed by atoms with E-state index in [0.29, 0.717) is 75.1 Å². The number of carbonyl (C=O) groups is 3. The minimum absolute atomic E-state index is 0.320. The SMILES string of the molecule is COc1cc(C=CC(=O)N2CCC=CC2=O)cc(OC)c1OCCN1CCN(C(=O)O)CC1. The summed E-state index contributed by atoms with van der Waals surface area (Å²) in [7, 11) is 3.04. The van der Waals surface area contributed by atoms with Gasteiger partial charge in [-0.3, -0.25) is 19.4 Å². The van der Waals surface area contributed by atoms with Gasteiger partial charge in [0.1, 0.15) is 6.61 Å². The highest BCUT2D eigenvalue weighted by Gasteiger charge is 2.21. The van der Waals surface area contributed by atoms with E-state index in [-0.39, 0.29) is 11.8 Å². The molecule has 0 bridgehead atoms. The van der Waals surface area contributed by atoms with Crippen LogP contribution in [-0.2, 0) is 9.59 Å². The molecule has 10 nitrogen and oxygen atoms in total. The Bertz CT molecular complexity index is 911. The maximum absolute atomic E-state index is 12.4. The molecule has 0 spiro atoms. The second kappa shape index (κ2) is 11.4. The molecule has 10 heteroatoms. The quantitative estimate of drug-likeness (QED) is 0.586. The van der Waals surface area contributed by atoms with Crippen LogP contribution in [0.15, 0.2) is 30.4 Å². The minimum Gasteiger partial charge on any atom is -0.493 e. The summed E-state index contributed by atoms with van der Waals surface area (Å²) in [5.74, 6) is 0.650. The van der Waals surface area contributed by atoms with Gasteiger partial charge in [0.05, 0.1) is 14.2 Å². The number of ether oxygens (including phenoxy) is 3. The highest BCUT2D eigenvalue weighted by Crippen LogP contribution is 2.39. The number of hydrogen-bond donors (Lipinski definition) is 1. The van der Waals surface area contributed by atoms with Gasteiger partial charge < -0.3 is 24.2 Å². The summed E-state index contributed by atoms with van der Waals surface area (Å²) >= 11 is 0. The van der Waals surface area contributed by atoms with Crippen LogP contribution in [0.3, 0.4) is 0 Å². The number of benzene rings is 1. The van der Waals surface area contributed by atoms with Crippen molar-refractivity contribution < 1.29 is 33.7 Å². The number of methoxy groups -OCH3 is 2. The van der Waals surface area contributed by atoms with Crippen LogP contribution in [0.4, 0.5) is 4.79 Å². The number of hydrogen-bond acceptors (Lipinski definition) is 7. The van der Waals surface area contributed by atoms with Gasteiger partial charge in [-0.25, -0.2) is 4.79 Å². The molecule has 2 heterocycles. The largest absolute Gasteiger partial charge is 0.493 e. The maximum atomic E-state index is 12.4. The first-order valence-corrected chi connectivity index (χ1v) is 10.7. The van der Waals surface area contributed by atoms with Gasteiger partial charge in [-0.15, -0.1) is 0 Å². The van der Waals surface area contributed by atoms with Crippen LogP contribution in [0.25, 0.3) is 6.08 Å². The lowest BCUT2D eigenvalue weighted by Gasteiger charge is -2.32. The molecule has 0 radical (unpaired) electrons. The third-order valence-electron chi connectivity index (χ3n) is 5.51. The smallest absolute Gasteiger partial charge is 0.407 e. The highest BCUT2D eigenvalue weighted by molar-refractivity contribution is 6.06. The molecule has 1 fully saturated rings. The lowest BCUT2D eigenvalue weighted by Crippen LogP contribution is -2.49. The molecule has 178 valence electrons. The molecule has 33 heavy (non-hydrogen) atoms. The first-order valence-electron chi connectivity index (χ1n) is 10.7. The van der Waals surface area contributed by atoms with E-state index in [4.69, 9.17) is 19.3 Å². The number of rotatable bonds is 8. The topological polar surface area (TPSA) is 109 Å². The summed E-state index contributed by atoms with van der Waals surface area (Å²) in [5.41, 5.74) is 0.661. The Morgan fingerprint density at radius 2 is 1.73 bits per heavy atom. The van der Waals surface area contributed by atoms with E-state index in [1.807, 2.05) is 0 Å². The van der Waals surface area contributed by atoms with Crippen molar-refractivity contribution in [3.8, 4) is 17.2 Å². The summed E-state index contributed by atoms with van der Waals surface area (Å²) in [5, 5.41) is 9.05. The monoisotopic (exact) mass is 459 g/mol. The van der Waals surface area contributed by atoms with Crippen LogP contribution in [-0.4, -0.2) is 97.8 Å². The standard InChI is InChI=1S/C23H29N3O7/c1-31-18-15-17(6-7-21(28)26-8-4-3-5-20(26)27)16-19(32-2)22(18)33-14-13-24-9-11-25(12-10-24)23(29)30/h3,5-7,15-16H,4,8-14H2,1-2H3,(H,29,30). The zero-order valence-electron chi connectivity index (χ0n) is 18.9. The fraction of sp³-hybridized carbons (Fsp3) is 0.435. The van der Waals surface area contributed by atoms with Gasteiger partial charge in [-0.2, -0.15) is 0 Å². The summed E-state index contributed by atoms with van der Waals surface area (Å²) in [4.78, 5) is 40.0. The zero-order valence-corrected chi connectivity index (χ0v) is 18.9. The van der Waals surface area contributed by atoms with Gasteiger partial charge in [0.2, 0.25) is 5.75 Å². The predicted molar refractivity (Wildman–Crippen MR) is 121 cm³/mol. The van der Waals surface area contributed by atoms with Crippen molar-refractivity contribution in [2.24, 2.45) is 0 Å². The van der Waals surface area contributed by atoms with Crippen molar-refractivity contribution in [2.75, 3.05) is 60.1 Å². The van der Waals surface area contributed by atoms with Crippen molar-refractivity contribution in [3.63, 3.8) is 0 Å². The van der Waals surface area contributed by atoms with Gasteiger partial charge in [-0.05, 0) is 36.3 Å². The lowest BCUT2D eigenvalue weighted by atomic mass is 10.1. The van der Waals surface area contributed by atoms with Crippen LogP contribution < -0.4 is 14.2 Å². The van der Waals surface area contributed by atoms with Crippen LogP contribution in [0.1, 0.15) is 12.0 Å². The van der Waals surface area contributed by atoms with Crippen molar-refractivity contribution in [2.45, 2.75) is 6.42 Å². The van der Waals surface area contributed by atoms with Crippen LogP contribution >= 0.6 is 0 Å². The van der Waals surface area contributed by atoms with E-state index in [0.717, 1.165) is 0 Å². The Balaban J connectivity index is 1.62. The minimum atomic E-state index is -0.893. The molecule has 1 saturated heterocycles. The van der Waals surface area contributed by atoms with Crippen molar-refractivity contribution in [1.82, 2.24) is 14.7 Å². The number of nitrogens with zero attached hydrogens (tertiary/aromatic N) is 3. The number of piperazine rings is 1. The molecule has 0 aromatic heterocycles. The Morgan fingerprint density at radius 3 is 2.30 bits per heavy atom. The third-order valence-corrected chi connectivity index (χ3v) is 5.51. The summed E-state index contributed by atoms with van der Waals surface area (Å²) < 4.78 is 16.9. The summed E-state index contributed by atoms with van der Waals surface area (Å²) in [6.07, 6.45) is 5.86. The Hall–Kier alpha value is -3.53. The average Bonchev–Trinajstić information content (AvgIpc) is 2.83. The van der Waals surface area contributed by atoms with Crippen molar-refractivity contribution >= 4 is 24.0 Å². The van der Waals surface area contributed by atoms with E-state index in [1.54, 1.807) is 24.3 Å². The Kier molecular flexibility index (Phi) is 8.31. The highest BCUT2D eigenvalue weighted by atomic mass is 16.5. The average molecular weight is 459 g/mol. The fourth-order valence-electron chi connectivity index (χ4n) is 3.64. The Labute approximate surface area is 192 Å². The fourth-order valence-corrected chi connectivity index (χ4v) is 3.64. The molecule has 0 unspecified atom stereocenters. The van der Waals surface area contributed by atoms with Crippen molar-refractivity contribution in [3.05, 3.63) is 35.9 Å². The van der Waals surface area contributed by atoms with Gasteiger partial charge in [-0.1, -0.05) is 6.08 Å². The number of amides is 3. The van der Waals surface area contributed by atoms with Crippen molar-refractivity contribution in [1.29, 1.82) is 0 Å². The molecule has 0 aliphatic carbocycles. The van der Waals surface area contributed by atoms with Crippen LogP contribution in [0.2, 0.25) is 0 Å². The van der Waals surface area contributed by atoms with Gasteiger partial charge in [0.15, 0.2) is 11.5 Å². The second-order valence-electron chi connectivity index (χ2n) is 7.57. The van der Waals surface area contributed by atoms with Gasteiger partial charge >= 0.3 is 6.09 Å². The number of carbonyl (C=O) groups excluding carboxylic acids is 2. The molecule has 3 rings (SSSR count). The first-order chi connectivity index (χ1) is 15.9. The number of carboxylic acid groups (broad SMARTS) is 1. The van der Waals surface area contributed by atoms with E-state index < -0.39 is 6.09 Å². The molecule has 0 atom stereocenters. The first kappa shape index (κ1) is 24.1. The third kappa shape index (κ3) is 6.26. The molecule has 3 amide bonds. The normalized spacial score (nSPS) is 16.8. The Morgan fingerprint density at radius 1 is 1.06 bits per heavy atom. The predicted octanol–water partition coefficient (Wildman–Crippen LogP) is 1.71. The number of imide groups is 1. The summed E-state index contributed by atoms with van der Waals surface area (Å²) in [6, 6.07) is 3.45. The molecule has 0 saturated carbocycles. The molecule has 1 aromatic rings. The van der Waals surface area contributed by atoms with E-state index in [2.05, 4.69) is 4.90 Å². The van der Waals surface area contributed by atoms with Crippen LogP contribution in [0.5, 0.6) is 17.2 Å². The molecule has 1 aromatic carbocycles. The van der Waals surface area contributed by atoms with Gasteiger partial charge in [0, 0.05) is 45.3 Å². The van der Waals surface area contributed by atoms with Gasteiger partial charge in [0.25, 0.3) is 11.8 Å². The second-order valence-corrected chi connectivity index (χ2v) is 7.57. The van der Waals surface area contributed by atoms with E-state index in [9.17, 15) is 14.4 Å². The molecule has 2 aliphatic rings. The molecular formula is C23H29N3O7.